The van der Waals surface area contributed by atoms with Gasteiger partial charge in [0.05, 0.1) is 0 Å². The molecular weight excluding hydrogens is 324 g/mol. The van der Waals surface area contributed by atoms with E-state index in [4.69, 9.17) is 4.74 Å². The van der Waals surface area contributed by atoms with Gasteiger partial charge in [-0.15, -0.1) is 0 Å². The number of hydrogen-bond acceptors (Lipinski definition) is 6. The number of carbonyl (C=O) groups is 3. The lowest BCUT2D eigenvalue weighted by Crippen LogP contribution is -2.56. The maximum Gasteiger partial charge on any atom is 0.251 e. The number of rotatable bonds is 7. The Morgan fingerprint density at radius 1 is 1.40 bits per heavy atom. The highest BCUT2D eigenvalue weighted by Crippen LogP contribution is 2.17. The fraction of sp³-hybridized carbons (Fsp3) is 0.706. The second kappa shape index (κ2) is 9.07. The molecule has 2 saturated heterocycles. The third-order valence-electron chi connectivity index (χ3n) is 4.70. The SMILES string of the molecule is C=C(CC)C(=O)N(COC(C)N1CCNCC1)C1CCC(=O)NC1=O. The number of piperazine rings is 1. The van der Waals surface area contributed by atoms with Crippen molar-refractivity contribution >= 4 is 17.7 Å². The molecule has 8 nitrogen and oxygen atoms in total. The minimum atomic E-state index is -0.705. The Hall–Kier alpha value is -1.77. The van der Waals surface area contributed by atoms with Crippen molar-refractivity contribution in [1.29, 1.82) is 0 Å². The fourth-order valence-electron chi connectivity index (χ4n) is 2.96. The largest absolute Gasteiger partial charge is 0.343 e. The Morgan fingerprint density at radius 3 is 2.68 bits per heavy atom. The molecule has 0 aliphatic carbocycles. The second-order valence-electron chi connectivity index (χ2n) is 6.38. The van der Waals surface area contributed by atoms with Crippen LogP contribution in [0.25, 0.3) is 0 Å². The minimum absolute atomic E-state index is 0.00474. The van der Waals surface area contributed by atoms with Crippen LogP contribution in [0.2, 0.25) is 0 Å². The Balaban J connectivity index is 2.03. The molecule has 0 bridgehead atoms. The molecule has 2 heterocycles. The molecular formula is C17H28N4O4. The van der Waals surface area contributed by atoms with Gasteiger partial charge in [-0.3, -0.25) is 24.6 Å². The van der Waals surface area contributed by atoms with E-state index in [0.717, 1.165) is 26.2 Å². The molecule has 2 rings (SSSR count). The number of hydrogen-bond donors (Lipinski definition) is 2. The normalized spacial score (nSPS) is 23.0. The van der Waals surface area contributed by atoms with E-state index >= 15 is 0 Å². The summed E-state index contributed by atoms with van der Waals surface area (Å²) in [4.78, 5) is 39.8. The van der Waals surface area contributed by atoms with E-state index in [2.05, 4.69) is 22.1 Å². The summed E-state index contributed by atoms with van der Waals surface area (Å²) in [5.74, 6) is -1.06. The van der Waals surface area contributed by atoms with Crippen LogP contribution in [0, 0.1) is 0 Å². The molecule has 0 aromatic rings. The van der Waals surface area contributed by atoms with Gasteiger partial charge in [0, 0.05) is 38.2 Å². The summed E-state index contributed by atoms with van der Waals surface area (Å²) in [7, 11) is 0. The van der Waals surface area contributed by atoms with E-state index < -0.39 is 11.9 Å². The summed E-state index contributed by atoms with van der Waals surface area (Å²) >= 11 is 0. The number of piperidine rings is 1. The summed E-state index contributed by atoms with van der Waals surface area (Å²) < 4.78 is 5.89. The average molecular weight is 352 g/mol. The van der Waals surface area contributed by atoms with Gasteiger partial charge in [0.15, 0.2) is 0 Å². The van der Waals surface area contributed by atoms with E-state index in [1.54, 1.807) is 0 Å². The average Bonchev–Trinajstić information content (AvgIpc) is 2.62. The quantitative estimate of drug-likeness (QED) is 0.375. The number of imide groups is 1. The van der Waals surface area contributed by atoms with Crippen LogP contribution in [-0.2, 0) is 19.1 Å². The molecule has 25 heavy (non-hydrogen) atoms. The molecule has 2 N–H and O–H groups in total. The molecule has 2 unspecified atom stereocenters. The van der Waals surface area contributed by atoms with Gasteiger partial charge in [-0.25, -0.2) is 0 Å². The molecule has 3 amide bonds. The molecule has 2 fully saturated rings. The fourth-order valence-corrected chi connectivity index (χ4v) is 2.96. The highest BCUT2D eigenvalue weighted by Gasteiger charge is 2.35. The number of nitrogens with one attached hydrogen (secondary N) is 2. The molecule has 2 aliphatic rings. The predicted molar refractivity (Wildman–Crippen MR) is 92.3 cm³/mol. The zero-order chi connectivity index (χ0) is 18.4. The summed E-state index contributed by atoms with van der Waals surface area (Å²) in [5, 5.41) is 5.58. The number of ether oxygens (including phenoxy) is 1. The minimum Gasteiger partial charge on any atom is -0.343 e. The van der Waals surface area contributed by atoms with E-state index in [1.807, 2.05) is 13.8 Å². The zero-order valence-corrected chi connectivity index (χ0v) is 15.0. The predicted octanol–water partition coefficient (Wildman–Crippen LogP) is -0.188. The van der Waals surface area contributed by atoms with Crippen molar-refractivity contribution in [2.75, 3.05) is 32.9 Å². The second-order valence-corrected chi connectivity index (χ2v) is 6.38. The van der Waals surface area contributed by atoms with Crippen molar-refractivity contribution < 1.29 is 19.1 Å². The van der Waals surface area contributed by atoms with Gasteiger partial charge in [0.25, 0.3) is 5.91 Å². The lowest BCUT2D eigenvalue weighted by Gasteiger charge is -2.36. The van der Waals surface area contributed by atoms with E-state index in [1.165, 1.54) is 4.90 Å². The number of carbonyl (C=O) groups excluding carboxylic acids is 3. The molecule has 0 saturated carbocycles. The van der Waals surface area contributed by atoms with Crippen molar-refractivity contribution in [3.8, 4) is 0 Å². The maximum atomic E-state index is 12.6. The molecule has 0 spiro atoms. The summed E-state index contributed by atoms with van der Waals surface area (Å²) in [6, 6.07) is -0.705. The van der Waals surface area contributed by atoms with Crippen molar-refractivity contribution in [3.05, 3.63) is 12.2 Å². The molecule has 0 radical (unpaired) electrons. The van der Waals surface area contributed by atoms with Gasteiger partial charge in [0.1, 0.15) is 19.0 Å². The molecule has 140 valence electrons. The topological polar surface area (TPSA) is 91.0 Å². The maximum absolute atomic E-state index is 12.6. The van der Waals surface area contributed by atoms with Gasteiger partial charge in [-0.2, -0.15) is 0 Å². The van der Waals surface area contributed by atoms with E-state index in [-0.39, 0.29) is 31.2 Å². The van der Waals surface area contributed by atoms with E-state index in [9.17, 15) is 14.4 Å². The number of amides is 3. The van der Waals surface area contributed by atoms with Gasteiger partial charge in [0.2, 0.25) is 11.8 Å². The van der Waals surface area contributed by atoms with Crippen LogP contribution in [0.15, 0.2) is 12.2 Å². The summed E-state index contributed by atoms with van der Waals surface area (Å²) in [5.41, 5.74) is 0.420. The van der Waals surface area contributed by atoms with Crippen molar-refractivity contribution in [1.82, 2.24) is 20.4 Å². The van der Waals surface area contributed by atoms with Crippen LogP contribution in [-0.4, -0.2) is 72.7 Å². The van der Waals surface area contributed by atoms with Crippen LogP contribution in [0.4, 0.5) is 0 Å². The molecule has 0 aromatic carbocycles. The Labute approximate surface area is 148 Å². The van der Waals surface area contributed by atoms with Crippen LogP contribution in [0.3, 0.4) is 0 Å². The lowest BCUT2D eigenvalue weighted by molar-refractivity contribution is -0.156. The van der Waals surface area contributed by atoms with Gasteiger partial charge >= 0.3 is 0 Å². The first-order chi connectivity index (χ1) is 11.9. The van der Waals surface area contributed by atoms with Crippen molar-refractivity contribution in [2.45, 2.75) is 45.4 Å². The standard InChI is InChI=1S/C17H28N4O4/c1-4-12(2)17(24)21(14-5-6-15(22)19-16(14)23)11-25-13(3)20-9-7-18-8-10-20/h13-14,18H,2,4-11H2,1,3H3,(H,19,22,23). The van der Waals surface area contributed by atoms with Crippen LogP contribution < -0.4 is 10.6 Å². The van der Waals surface area contributed by atoms with Crippen molar-refractivity contribution in [2.24, 2.45) is 0 Å². The third-order valence-corrected chi connectivity index (χ3v) is 4.70. The van der Waals surface area contributed by atoms with E-state index in [0.29, 0.717) is 18.4 Å². The lowest BCUT2D eigenvalue weighted by atomic mass is 10.0. The highest BCUT2D eigenvalue weighted by atomic mass is 16.5. The first-order valence-corrected chi connectivity index (χ1v) is 8.82. The Bertz CT molecular complexity index is 531. The van der Waals surface area contributed by atoms with Crippen molar-refractivity contribution in [3.63, 3.8) is 0 Å². The van der Waals surface area contributed by atoms with Crippen LogP contribution in [0.1, 0.15) is 33.1 Å². The Morgan fingerprint density at radius 2 is 2.08 bits per heavy atom. The van der Waals surface area contributed by atoms with Gasteiger partial charge in [-0.1, -0.05) is 13.5 Å². The smallest absolute Gasteiger partial charge is 0.251 e. The summed E-state index contributed by atoms with van der Waals surface area (Å²) in [6.45, 7) is 11.1. The Kier molecular flexibility index (Phi) is 7.10. The molecule has 0 aromatic heterocycles. The van der Waals surface area contributed by atoms with Crippen LogP contribution in [0.5, 0.6) is 0 Å². The molecule has 8 heteroatoms. The zero-order valence-electron chi connectivity index (χ0n) is 15.0. The number of nitrogens with zero attached hydrogens (tertiary/aromatic N) is 2. The molecule has 2 atom stereocenters. The third kappa shape index (κ3) is 5.10. The monoisotopic (exact) mass is 352 g/mol. The summed E-state index contributed by atoms with van der Waals surface area (Å²) in [6.07, 6.45) is 0.849. The van der Waals surface area contributed by atoms with Crippen LogP contribution >= 0.6 is 0 Å². The molecule has 2 aliphatic heterocycles. The van der Waals surface area contributed by atoms with Gasteiger partial charge < -0.3 is 15.0 Å². The first-order valence-electron chi connectivity index (χ1n) is 8.82. The first kappa shape index (κ1) is 19.6. The van der Waals surface area contributed by atoms with Gasteiger partial charge in [-0.05, 0) is 19.8 Å². The highest BCUT2D eigenvalue weighted by molar-refractivity contribution is 6.03.